The van der Waals surface area contributed by atoms with Crippen LogP contribution < -0.4 is 10.5 Å². The number of ether oxygens (including phenoxy) is 1. The Labute approximate surface area is 132 Å². The molecule has 0 saturated carbocycles. The van der Waals surface area contributed by atoms with Crippen molar-refractivity contribution in [1.82, 2.24) is 5.32 Å². The summed E-state index contributed by atoms with van der Waals surface area (Å²) in [5, 5.41) is 3.81. The minimum absolute atomic E-state index is 0.130. The van der Waals surface area contributed by atoms with Gasteiger partial charge in [0.05, 0.1) is 15.2 Å². The summed E-state index contributed by atoms with van der Waals surface area (Å²) < 4.78 is 4.67. The van der Waals surface area contributed by atoms with Gasteiger partial charge in [0.25, 0.3) is 0 Å². The van der Waals surface area contributed by atoms with E-state index in [2.05, 4.69) is 41.9 Å². The number of methoxy groups -OCH3 is 1. The molecule has 1 N–H and O–H groups in total. The molecule has 0 aliphatic carbocycles. The Balaban J connectivity index is 3.06. The predicted octanol–water partition coefficient (Wildman–Crippen LogP) is 2.44. The topological polar surface area (TPSA) is 55.4 Å². The van der Waals surface area contributed by atoms with E-state index < -0.39 is 14.0 Å². The van der Waals surface area contributed by atoms with Crippen LogP contribution in [0.25, 0.3) is 6.08 Å². The van der Waals surface area contributed by atoms with Crippen molar-refractivity contribution >= 4 is 31.2 Å². The van der Waals surface area contributed by atoms with E-state index in [1.165, 1.54) is 19.2 Å². The molecule has 0 aromatic heterocycles. The Morgan fingerprint density at radius 2 is 1.86 bits per heavy atom. The highest BCUT2D eigenvalue weighted by Crippen LogP contribution is 2.12. The van der Waals surface area contributed by atoms with Crippen molar-refractivity contribution < 1.29 is 14.3 Å². The summed E-state index contributed by atoms with van der Waals surface area (Å²) in [5.74, 6) is -0.881. The fraction of sp³-hybridized carbons (Fsp3) is 0.294. The monoisotopic (exact) mass is 317 g/mol. The number of carbonyl (C=O) groups excluding carboxylic acids is 2. The van der Waals surface area contributed by atoms with E-state index in [-0.39, 0.29) is 11.6 Å². The number of hydrogen-bond donors (Lipinski definition) is 1. The van der Waals surface area contributed by atoms with E-state index in [1.807, 2.05) is 18.2 Å². The van der Waals surface area contributed by atoms with Crippen molar-refractivity contribution in [2.24, 2.45) is 0 Å². The molecule has 1 rings (SSSR count). The highest BCUT2D eigenvalue weighted by Gasteiger charge is 2.21. The van der Waals surface area contributed by atoms with Crippen LogP contribution in [0.3, 0.4) is 0 Å². The molecule has 118 valence electrons. The first-order valence-electron chi connectivity index (χ1n) is 7.09. The zero-order chi connectivity index (χ0) is 16.8. The summed E-state index contributed by atoms with van der Waals surface area (Å²) in [6.45, 7) is 9.75. The average molecular weight is 317 g/mol. The molecule has 1 amide bonds. The molecule has 0 atom stereocenters. The van der Waals surface area contributed by atoms with Crippen molar-refractivity contribution in [3.63, 3.8) is 0 Å². The summed E-state index contributed by atoms with van der Waals surface area (Å²) >= 11 is 0. The van der Waals surface area contributed by atoms with Gasteiger partial charge < -0.3 is 10.1 Å². The number of allylic oxidation sites excluding steroid dienone is 1. The van der Waals surface area contributed by atoms with Gasteiger partial charge in [0.1, 0.15) is 5.70 Å². The van der Waals surface area contributed by atoms with E-state index >= 15 is 0 Å². The molecule has 0 radical (unpaired) electrons. The van der Waals surface area contributed by atoms with Gasteiger partial charge in [-0.2, -0.15) is 0 Å². The van der Waals surface area contributed by atoms with Crippen LogP contribution in [-0.4, -0.2) is 27.1 Å². The second-order valence-electron chi connectivity index (χ2n) is 5.73. The molecule has 0 aliphatic heterocycles. The van der Waals surface area contributed by atoms with E-state index in [9.17, 15) is 9.59 Å². The first-order valence-corrected chi connectivity index (χ1v) is 10.3. The van der Waals surface area contributed by atoms with Gasteiger partial charge in [-0.3, -0.25) is 4.79 Å². The molecule has 0 unspecified atom stereocenters. The lowest BCUT2D eigenvalue weighted by Gasteiger charge is -2.21. The van der Waals surface area contributed by atoms with Crippen LogP contribution >= 0.6 is 0 Å². The summed E-state index contributed by atoms with van der Waals surface area (Å²) in [4.78, 5) is 22.8. The number of nitrogens with one attached hydrogen (secondary N) is 1. The largest absolute Gasteiger partial charge is 0.464 e. The van der Waals surface area contributed by atoms with Crippen LogP contribution in [-0.2, 0) is 14.3 Å². The maximum absolute atomic E-state index is 11.7. The number of carbonyl (C=O) groups is 2. The van der Waals surface area contributed by atoms with E-state index in [1.54, 1.807) is 6.08 Å². The van der Waals surface area contributed by atoms with Gasteiger partial charge in [0.15, 0.2) is 0 Å². The second kappa shape index (κ2) is 7.75. The van der Waals surface area contributed by atoms with Gasteiger partial charge in [-0.15, -0.1) is 6.58 Å². The van der Waals surface area contributed by atoms with Crippen molar-refractivity contribution in [3.8, 4) is 0 Å². The maximum atomic E-state index is 11.7. The third-order valence-corrected chi connectivity index (χ3v) is 6.58. The van der Waals surface area contributed by atoms with Gasteiger partial charge in [0, 0.05) is 6.92 Å². The number of benzene rings is 1. The third-order valence-electron chi connectivity index (χ3n) is 3.37. The SMILES string of the molecule is C=CC[Si](C)(C)c1ccc(C=C(NC(C)=O)C(=O)OC)cc1. The summed E-state index contributed by atoms with van der Waals surface area (Å²) in [6, 6.07) is 9.05. The molecule has 0 saturated heterocycles. The molecule has 0 fully saturated rings. The molecule has 0 aliphatic rings. The van der Waals surface area contributed by atoms with Crippen LogP contribution in [0.15, 0.2) is 42.6 Å². The Hall–Kier alpha value is -2.14. The number of hydrogen-bond acceptors (Lipinski definition) is 3. The minimum Gasteiger partial charge on any atom is -0.464 e. The fourth-order valence-electron chi connectivity index (χ4n) is 2.12. The fourth-order valence-corrected chi connectivity index (χ4v) is 4.15. The Morgan fingerprint density at radius 1 is 1.27 bits per heavy atom. The Morgan fingerprint density at radius 3 is 2.32 bits per heavy atom. The van der Waals surface area contributed by atoms with E-state index in [0.717, 1.165) is 11.6 Å². The number of amides is 1. The smallest absolute Gasteiger partial charge is 0.354 e. The zero-order valence-electron chi connectivity index (χ0n) is 13.6. The second-order valence-corrected chi connectivity index (χ2v) is 10.5. The molecule has 0 heterocycles. The molecule has 0 bridgehead atoms. The first-order chi connectivity index (χ1) is 10.3. The molecule has 22 heavy (non-hydrogen) atoms. The Kier molecular flexibility index (Phi) is 6.31. The molecular formula is C17H23NO3Si. The summed E-state index contributed by atoms with van der Waals surface area (Å²) in [7, 11) is -0.215. The normalized spacial score (nSPS) is 11.7. The van der Waals surface area contributed by atoms with Gasteiger partial charge in [0.2, 0.25) is 5.91 Å². The lowest BCUT2D eigenvalue weighted by Crippen LogP contribution is -2.40. The highest BCUT2D eigenvalue weighted by molar-refractivity contribution is 6.90. The van der Waals surface area contributed by atoms with Gasteiger partial charge in [-0.25, -0.2) is 4.79 Å². The highest BCUT2D eigenvalue weighted by atomic mass is 28.3. The van der Waals surface area contributed by atoms with Crippen molar-refractivity contribution in [1.29, 1.82) is 0 Å². The van der Waals surface area contributed by atoms with Gasteiger partial charge in [-0.1, -0.05) is 48.6 Å². The van der Waals surface area contributed by atoms with Crippen LogP contribution in [0.1, 0.15) is 12.5 Å². The quantitative estimate of drug-likeness (QED) is 0.379. The van der Waals surface area contributed by atoms with Crippen LogP contribution in [0.2, 0.25) is 19.1 Å². The summed E-state index contributed by atoms with van der Waals surface area (Å²) in [6.07, 6.45) is 3.57. The molecule has 1 aromatic rings. The average Bonchev–Trinajstić information content (AvgIpc) is 2.45. The molecule has 1 aromatic carbocycles. The molecular weight excluding hydrogens is 294 g/mol. The van der Waals surface area contributed by atoms with Crippen molar-refractivity contribution in [3.05, 3.63) is 48.2 Å². The van der Waals surface area contributed by atoms with Gasteiger partial charge >= 0.3 is 5.97 Å². The predicted molar refractivity (Wildman–Crippen MR) is 92.4 cm³/mol. The minimum atomic E-state index is -1.50. The lowest BCUT2D eigenvalue weighted by molar-refractivity contribution is -0.137. The van der Waals surface area contributed by atoms with Crippen molar-refractivity contribution in [2.75, 3.05) is 7.11 Å². The van der Waals surface area contributed by atoms with Crippen LogP contribution in [0.5, 0.6) is 0 Å². The number of rotatable bonds is 6. The van der Waals surface area contributed by atoms with E-state index in [0.29, 0.717) is 0 Å². The summed E-state index contributed by atoms with van der Waals surface area (Å²) in [5.41, 5.74) is 0.964. The molecule has 0 spiro atoms. The van der Waals surface area contributed by atoms with Crippen LogP contribution in [0.4, 0.5) is 0 Å². The first kappa shape index (κ1) is 17.9. The Bertz CT molecular complexity index is 588. The standard InChI is InChI=1S/C17H23NO3Si/c1-6-11-22(4,5)15-9-7-14(8-10-15)12-16(17(20)21-3)18-13(2)19/h6-10,12H,1,11H2,2-5H3,(H,18,19). The third kappa shape index (κ3) is 5.00. The molecule has 5 heteroatoms. The lowest BCUT2D eigenvalue weighted by atomic mass is 10.2. The zero-order valence-corrected chi connectivity index (χ0v) is 14.6. The molecule has 4 nitrogen and oxygen atoms in total. The maximum Gasteiger partial charge on any atom is 0.354 e. The van der Waals surface area contributed by atoms with E-state index in [4.69, 9.17) is 0 Å². The van der Waals surface area contributed by atoms with Crippen molar-refractivity contribution in [2.45, 2.75) is 26.1 Å². The number of esters is 1. The van der Waals surface area contributed by atoms with Crippen LogP contribution in [0, 0.1) is 0 Å². The van der Waals surface area contributed by atoms with Gasteiger partial charge in [-0.05, 0) is 17.7 Å².